The third-order valence-electron chi connectivity index (χ3n) is 5.42. The molecule has 1 unspecified atom stereocenters. The average Bonchev–Trinajstić information content (AvgIpc) is 2.83. The number of aliphatic carboxylic acids is 1. The summed E-state index contributed by atoms with van der Waals surface area (Å²) in [5, 5.41) is 9.46. The maximum absolute atomic E-state index is 13.0. The highest BCUT2D eigenvalue weighted by Gasteiger charge is 2.51. The number of rotatable bonds is 3. The predicted molar refractivity (Wildman–Crippen MR) is 76.1 cm³/mol. The molecule has 1 saturated heterocycles. The van der Waals surface area contributed by atoms with Crippen molar-refractivity contribution in [2.75, 3.05) is 13.1 Å². The summed E-state index contributed by atoms with van der Waals surface area (Å²) in [4.78, 5) is 26.1. The lowest BCUT2D eigenvalue weighted by molar-refractivity contribution is -0.161. The lowest BCUT2D eigenvalue weighted by Crippen LogP contribution is -2.57. The fourth-order valence-electron chi connectivity index (χ4n) is 3.62. The molecular weight excluding hydrogens is 256 g/mol. The van der Waals surface area contributed by atoms with E-state index in [1.165, 1.54) is 0 Å². The average molecular weight is 282 g/mol. The first-order chi connectivity index (χ1) is 9.35. The van der Waals surface area contributed by atoms with Gasteiger partial charge >= 0.3 is 5.97 Å². The molecule has 0 radical (unpaired) electrons. The standard InChI is InChI=1S/C15H26N2O3/c1-11-4-7-15(10-16,8-5-11)12(18)17-9-3-6-14(17,2)13(19)20/h11H,3-10,16H2,1-2H3,(H,19,20). The Hall–Kier alpha value is -1.10. The summed E-state index contributed by atoms with van der Waals surface area (Å²) < 4.78 is 0. The van der Waals surface area contributed by atoms with Crippen molar-refractivity contribution >= 4 is 11.9 Å². The van der Waals surface area contributed by atoms with Crippen molar-refractivity contribution in [3.05, 3.63) is 0 Å². The number of hydrogen-bond acceptors (Lipinski definition) is 3. The Labute approximate surface area is 120 Å². The van der Waals surface area contributed by atoms with Crippen LogP contribution in [0.25, 0.3) is 0 Å². The normalized spacial score (nSPS) is 38.0. The second-order valence-corrected chi connectivity index (χ2v) is 6.81. The van der Waals surface area contributed by atoms with Crippen LogP contribution in [0.1, 0.15) is 52.4 Å². The summed E-state index contributed by atoms with van der Waals surface area (Å²) in [7, 11) is 0. The van der Waals surface area contributed by atoms with E-state index in [1.54, 1.807) is 11.8 Å². The van der Waals surface area contributed by atoms with Crippen molar-refractivity contribution in [3.63, 3.8) is 0 Å². The van der Waals surface area contributed by atoms with E-state index in [2.05, 4.69) is 6.92 Å². The van der Waals surface area contributed by atoms with Gasteiger partial charge in [0.2, 0.25) is 5.91 Å². The van der Waals surface area contributed by atoms with Gasteiger partial charge in [0.25, 0.3) is 0 Å². The molecule has 0 bridgehead atoms. The Balaban J connectivity index is 2.23. The monoisotopic (exact) mass is 282 g/mol. The summed E-state index contributed by atoms with van der Waals surface area (Å²) in [5.74, 6) is -0.305. The lowest BCUT2D eigenvalue weighted by Gasteiger charge is -2.43. The Bertz CT molecular complexity index is 402. The Morgan fingerprint density at radius 2 is 1.90 bits per heavy atom. The fraction of sp³-hybridized carbons (Fsp3) is 0.867. The van der Waals surface area contributed by atoms with Crippen molar-refractivity contribution in [2.45, 2.75) is 57.9 Å². The highest BCUT2D eigenvalue weighted by molar-refractivity contribution is 5.90. The predicted octanol–water partition coefficient (Wildman–Crippen LogP) is 1.61. The van der Waals surface area contributed by atoms with E-state index in [4.69, 9.17) is 5.73 Å². The third kappa shape index (κ3) is 2.32. The highest BCUT2D eigenvalue weighted by Crippen LogP contribution is 2.42. The molecule has 0 aromatic carbocycles. The van der Waals surface area contributed by atoms with Crippen LogP contribution in [0.5, 0.6) is 0 Å². The number of nitrogens with two attached hydrogens (primary N) is 1. The molecule has 114 valence electrons. The molecule has 0 spiro atoms. The number of carbonyl (C=O) groups excluding carboxylic acids is 1. The topological polar surface area (TPSA) is 83.6 Å². The number of carboxylic acids is 1. The van der Waals surface area contributed by atoms with E-state index >= 15 is 0 Å². The van der Waals surface area contributed by atoms with E-state index in [0.29, 0.717) is 25.4 Å². The maximum Gasteiger partial charge on any atom is 0.329 e. The van der Waals surface area contributed by atoms with Crippen LogP contribution in [0.2, 0.25) is 0 Å². The second kappa shape index (κ2) is 5.35. The quantitative estimate of drug-likeness (QED) is 0.823. The van der Waals surface area contributed by atoms with Crippen LogP contribution in [0.4, 0.5) is 0 Å². The Kier molecular flexibility index (Phi) is 4.09. The molecule has 5 heteroatoms. The number of likely N-dealkylation sites (tertiary alicyclic amines) is 1. The Morgan fingerprint density at radius 3 is 2.40 bits per heavy atom. The molecule has 1 atom stereocenters. The van der Waals surface area contributed by atoms with E-state index in [1.807, 2.05) is 0 Å². The van der Waals surface area contributed by atoms with Gasteiger partial charge < -0.3 is 15.7 Å². The van der Waals surface area contributed by atoms with Crippen LogP contribution in [-0.4, -0.2) is 40.5 Å². The molecular formula is C15H26N2O3. The molecule has 1 aliphatic carbocycles. The van der Waals surface area contributed by atoms with Crippen molar-refractivity contribution in [1.29, 1.82) is 0 Å². The number of nitrogens with zero attached hydrogens (tertiary/aromatic N) is 1. The number of carbonyl (C=O) groups is 2. The number of carboxylic acid groups (broad SMARTS) is 1. The van der Waals surface area contributed by atoms with Gasteiger partial charge in [0.1, 0.15) is 5.54 Å². The smallest absolute Gasteiger partial charge is 0.329 e. The lowest BCUT2D eigenvalue weighted by atomic mass is 9.69. The summed E-state index contributed by atoms with van der Waals surface area (Å²) in [5.41, 5.74) is 4.33. The molecule has 5 nitrogen and oxygen atoms in total. The SMILES string of the molecule is CC1CCC(CN)(C(=O)N2CCCC2(C)C(=O)O)CC1. The van der Waals surface area contributed by atoms with Gasteiger partial charge in [0, 0.05) is 13.1 Å². The zero-order chi connectivity index (χ0) is 15.0. The molecule has 0 aromatic heterocycles. The zero-order valence-electron chi connectivity index (χ0n) is 12.5. The van der Waals surface area contributed by atoms with Crippen LogP contribution in [0.15, 0.2) is 0 Å². The number of amides is 1. The second-order valence-electron chi connectivity index (χ2n) is 6.81. The number of hydrogen-bond donors (Lipinski definition) is 2. The van der Waals surface area contributed by atoms with Gasteiger partial charge in [0.15, 0.2) is 0 Å². The summed E-state index contributed by atoms with van der Waals surface area (Å²) in [6.45, 7) is 4.72. The molecule has 0 aromatic rings. The minimum absolute atomic E-state index is 0.0331. The molecule has 3 N–H and O–H groups in total. The molecule has 1 aliphatic heterocycles. The van der Waals surface area contributed by atoms with Crippen molar-refractivity contribution < 1.29 is 14.7 Å². The molecule has 1 saturated carbocycles. The van der Waals surface area contributed by atoms with Crippen molar-refractivity contribution in [2.24, 2.45) is 17.1 Å². The molecule has 2 fully saturated rings. The van der Waals surface area contributed by atoms with Gasteiger partial charge in [-0.15, -0.1) is 0 Å². The highest BCUT2D eigenvalue weighted by atomic mass is 16.4. The van der Waals surface area contributed by atoms with E-state index in [-0.39, 0.29) is 5.91 Å². The maximum atomic E-state index is 13.0. The van der Waals surface area contributed by atoms with Gasteiger partial charge in [-0.25, -0.2) is 4.79 Å². The van der Waals surface area contributed by atoms with Crippen molar-refractivity contribution in [1.82, 2.24) is 4.90 Å². The Morgan fingerprint density at radius 1 is 1.30 bits per heavy atom. The summed E-state index contributed by atoms with van der Waals surface area (Å²) >= 11 is 0. The largest absolute Gasteiger partial charge is 0.480 e. The molecule has 2 aliphatic rings. The third-order valence-corrected chi connectivity index (χ3v) is 5.42. The molecule has 20 heavy (non-hydrogen) atoms. The first-order valence-electron chi connectivity index (χ1n) is 7.61. The summed E-state index contributed by atoms with van der Waals surface area (Å²) in [6, 6.07) is 0. The first-order valence-corrected chi connectivity index (χ1v) is 7.61. The van der Waals surface area contributed by atoms with Crippen LogP contribution < -0.4 is 5.73 Å². The van der Waals surface area contributed by atoms with Crippen molar-refractivity contribution in [3.8, 4) is 0 Å². The zero-order valence-corrected chi connectivity index (χ0v) is 12.5. The van der Waals surface area contributed by atoms with E-state index in [0.717, 1.165) is 32.1 Å². The first kappa shape index (κ1) is 15.3. The van der Waals surface area contributed by atoms with Gasteiger partial charge in [-0.1, -0.05) is 6.92 Å². The van der Waals surface area contributed by atoms with Gasteiger partial charge in [-0.05, 0) is 51.4 Å². The minimum Gasteiger partial charge on any atom is -0.480 e. The van der Waals surface area contributed by atoms with Crippen LogP contribution in [-0.2, 0) is 9.59 Å². The minimum atomic E-state index is -1.05. The van der Waals surface area contributed by atoms with E-state index < -0.39 is 16.9 Å². The molecule has 2 rings (SSSR count). The van der Waals surface area contributed by atoms with Gasteiger partial charge in [-0.3, -0.25) is 4.79 Å². The molecule has 1 heterocycles. The van der Waals surface area contributed by atoms with Gasteiger partial charge in [-0.2, -0.15) is 0 Å². The van der Waals surface area contributed by atoms with Gasteiger partial charge in [0.05, 0.1) is 5.41 Å². The van der Waals surface area contributed by atoms with Crippen LogP contribution >= 0.6 is 0 Å². The fourth-order valence-corrected chi connectivity index (χ4v) is 3.62. The van der Waals surface area contributed by atoms with Crippen LogP contribution in [0.3, 0.4) is 0 Å². The van der Waals surface area contributed by atoms with E-state index in [9.17, 15) is 14.7 Å². The van der Waals surface area contributed by atoms with Crippen LogP contribution in [0, 0.1) is 11.3 Å². The summed E-state index contributed by atoms with van der Waals surface area (Å²) in [6.07, 6.45) is 4.86. The molecule has 1 amide bonds.